The topological polar surface area (TPSA) is 41.9 Å². The summed E-state index contributed by atoms with van der Waals surface area (Å²) in [5.41, 5.74) is 5.97. The molecule has 0 bridgehead atoms. The predicted octanol–water partition coefficient (Wildman–Crippen LogP) is 15.3. The number of nitrogens with zero attached hydrogens (tertiary/aromatic N) is 4. The van der Waals surface area contributed by atoms with E-state index < -0.39 is 0 Å². The van der Waals surface area contributed by atoms with Gasteiger partial charge in [-0.3, -0.25) is 0 Å². The molecule has 284 valence electrons. The number of rotatable bonds is 6. The first kappa shape index (κ1) is 34.8. The van der Waals surface area contributed by atoms with Gasteiger partial charge in [0.25, 0.3) is 0 Å². The second-order valence-corrected chi connectivity index (χ2v) is 15.6. The lowest BCUT2D eigenvalue weighted by atomic mass is 9.93. The molecule has 4 heteroatoms. The number of benzene rings is 11. The molecule has 0 aliphatic heterocycles. The zero-order valence-corrected chi connectivity index (χ0v) is 33.1. The summed E-state index contributed by atoms with van der Waals surface area (Å²) in [4.78, 5) is 17.4. The molecule has 0 amide bonds. The van der Waals surface area contributed by atoms with Crippen LogP contribution < -0.4 is 4.90 Å². The van der Waals surface area contributed by atoms with Crippen molar-refractivity contribution in [2.75, 3.05) is 4.90 Å². The fourth-order valence-electron chi connectivity index (χ4n) is 9.21. The normalized spacial score (nSPS) is 11.6. The fraction of sp³-hybridized carbons (Fsp3) is 0. The highest BCUT2D eigenvalue weighted by molar-refractivity contribution is 6.27. The summed E-state index contributed by atoms with van der Waals surface area (Å²) in [6.45, 7) is 0. The maximum atomic E-state index is 5.03. The van der Waals surface area contributed by atoms with Crippen LogP contribution in [0.25, 0.3) is 98.8 Å². The number of hydrogen-bond donors (Lipinski definition) is 0. The molecule has 12 aromatic rings. The molecule has 0 N–H and O–H groups in total. The van der Waals surface area contributed by atoms with Crippen LogP contribution in [0.15, 0.2) is 218 Å². The van der Waals surface area contributed by atoms with Crippen LogP contribution in [0.4, 0.5) is 17.1 Å². The summed E-state index contributed by atoms with van der Waals surface area (Å²) in [5, 5.41) is 14.9. The largest absolute Gasteiger partial charge is 0.310 e. The van der Waals surface area contributed by atoms with E-state index in [1.165, 1.54) is 64.6 Å². The predicted molar refractivity (Wildman–Crippen MR) is 256 cm³/mol. The zero-order valence-electron chi connectivity index (χ0n) is 33.1. The van der Waals surface area contributed by atoms with E-state index >= 15 is 0 Å². The maximum absolute atomic E-state index is 5.03. The van der Waals surface area contributed by atoms with Gasteiger partial charge in [0.2, 0.25) is 0 Å². The van der Waals surface area contributed by atoms with E-state index in [1.807, 2.05) is 60.7 Å². The summed E-state index contributed by atoms with van der Waals surface area (Å²) in [7, 11) is 0. The molecule has 4 nitrogen and oxygen atoms in total. The second kappa shape index (κ2) is 14.3. The molecule has 0 aliphatic carbocycles. The van der Waals surface area contributed by atoms with Crippen molar-refractivity contribution in [1.82, 2.24) is 15.0 Å². The number of anilines is 3. The molecule has 1 aromatic heterocycles. The Balaban J connectivity index is 1.07. The Kier molecular flexibility index (Phi) is 8.13. The third-order valence-electron chi connectivity index (χ3n) is 12.1. The van der Waals surface area contributed by atoms with Crippen LogP contribution in [-0.4, -0.2) is 15.0 Å². The van der Waals surface area contributed by atoms with E-state index in [0.717, 1.165) is 33.8 Å². The van der Waals surface area contributed by atoms with Crippen molar-refractivity contribution in [3.05, 3.63) is 218 Å². The molecule has 0 aliphatic rings. The lowest BCUT2D eigenvalue weighted by Gasteiger charge is -2.27. The van der Waals surface area contributed by atoms with E-state index in [0.29, 0.717) is 17.5 Å². The Morgan fingerprint density at radius 3 is 0.820 bits per heavy atom. The van der Waals surface area contributed by atoms with Gasteiger partial charge in [-0.25, -0.2) is 15.0 Å². The van der Waals surface area contributed by atoms with Crippen LogP contribution in [-0.2, 0) is 0 Å². The van der Waals surface area contributed by atoms with Crippen molar-refractivity contribution >= 4 is 81.7 Å². The van der Waals surface area contributed by atoms with E-state index in [9.17, 15) is 0 Å². The van der Waals surface area contributed by atoms with Gasteiger partial charge in [0.05, 0.1) is 0 Å². The molecule has 0 saturated carbocycles. The van der Waals surface area contributed by atoms with Crippen LogP contribution in [0.1, 0.15) is 0 Å². The van der Waals surface area contributed by atoms with Crippen molar-refractivity contribution in [1.29, 1.82) is 0 Å². The van der Waals surface area contributed by atoms with Crippen LogP contribution in [0.2, 0.25) is 0 Å². The van der Waals surface area contributed by atoms with Gasteiger partial charge in [-0.2, -0.15) is 0 Å². The zero-order chi connectivity index (χ0) is 40.3. The third kappa shape index (κ3) is 5.88. The molecular formula is C57H36N4. The lowest BCUT2D eigenvalue weighted by molar-refractivity contribution is 1.07. The van der Waals surface area contributed by atoms with Gasteiger partial charge in [0.1, 0.15) is 0 Å². The molecule has 0 saturated heterocycles. The van der Waals surface area contributed by atoms with Crippen molar-refractivity contribution in [2.24, 2.45) is 0 Å². The van der Waals surface area contributed by atoms with Gasteiger partial charge in [-0.05, 0) is 113 Å². The van der Waals surface area contributed by atoms with Crippen molar-refractivity contribution < 1.29 is 0 Å². The SMILES string of the molecule is c1ccc(-c2nc(-c3ccccc3)nc(-c3ccc(N(c4ccc5c6ccccc6c6ccccc6c5c4)c4ccc5c6ccccc6c6ccccc6c5c4)cc3)n2)cc1. The van der Waals surface area contributed by atoms with Gasteiger partial charge >= 0.3 is 0 Å². The summed E-state index contributed by atoms with van der Waals surface area (Å²) in [6.07, 6.45) is 0. The van der Waals surface area contributed by atoms with E-state index in [2.05, 4.69) is 163 Å². The maximum Gasteiger partial charge on any atom is 0.164 e. The van der Waals surface area contributed by atoms with E-state index in [1.54, 1.807) is 0 Å². The Hall–Kier alpha value is -8.21. The summed E-state index contributed by atoms with van der Waals surface area (Å²) < 4.78 is 0. The smallest absolute Gasteiger partial charge is 0.164 e. The van der Waals surface area contributed by atoms with Gasteiger partial charge in [0.15, 0.2) is 17.5 Å². The monoisotopic (exact) mass is 776 g/mol. The minimum atomic E-state index is 0.624. The summed E-state index contributed by atoms with van der Waals surface area (Å²) in [6, 6.07) is 77.8. The highest BCUT2D eigenvalue weighted by Gasteiger charge is 2.19. The molecule has 0 fully saturated rings. The first-order valence-corrected chi connectivity index (χ1v) is 20.7. The Labute approximate surface area is 352 Å². The average molecular weight is 777 g/mol. The molecule has 12 rings (SSSR count). The van der Waals surface area contributed by atoms with E-state index in [-0.39, 0.29) is 0 Å². The summed E-state index contributed by atoms with van der Waals surface area (Å²) >= 11 is 0. The van der Waals surface area contributed by atoms with Crippen LogP contribution >= 0.6 is 0 Å². The number of aromatic nitrogens is 3. The van der Waals surface area contributed by atoms with Gasteiger partial charge in [0, 0.05) is 33.8 Å². The Bertz CT molecular complexity index is 3350. The Morgan fingerprint density at radius 2 is 0.475 bits per heavy atom. The molecule has 0 radical (unpaired) electrons. The number of hydrogen-bond acceptors (Lipinski definition) is 4. The third-order valence-corrected chi connectivity index (χ3v) is 12.1. The van der Waals surface area contributed by atoms with Crippen molar-refractivity contribution in [3.63, 3.8) is 0 Å². The molecule has 1 heterocycles. The molecule has 0 unspecified atom stereocenters. The highest BCUT2D eigenvalue weighted by atomic mass is 15.1. The van der Waals surface area contributed by atoms with Gasteiger partial charge in [-0.1, -0.05) is 170 Å². The quantitative estimate of drug-likeness (QED) is 0.158. The van der Waals surface area contributed by atoms with Crippen molar-refractivity contribution in [2.45, 2.75) is 0 Å². The Morgan fingerprint density at radius 1 is 0.213 bits per heavy atom. The molecule has 0 atom stereocenters. The van der Waals surface area contributed by atoms with E-state index in [4.69, 9.17) is 15.0 Å². The first-order chi connectivity index (χ1) is 30.2. The molecule has 61 heavy (non-hydrogen) atoms. The fourth-order valence-corrected chi connectivity index (χ4v) is 9.21. The molecule has 0 spiro atoms. The van der Waals surface area contributed by atoms with Crippen LogP contribution in [0.3, 0.4) is 0 Å². The highest BCUT2D eigenvalue weighted by Crippen LogP contribution is 2.44. The minimum absolute atomic E-state index is 0.624. The number of fused-ring (bicyclic) bond motifs is 12. The lowest BCUT2D eigenvalue weighted by Crippen LogP contribution is -2.10. The molecular weight excluding hydrogens is 741 g/mol. The molecule has 11 aromatic carbocycles. The average Bonchev–Trinajstić information content (AvgIpc) is 3.35. The van der Waals surface area contributed by atoms with Crippen LogP contribution in [0, 0.1) is 0 Å². The van der Waals surface area contributed by atoms with Crippen molar-refractivity contribution in [3.8, 4) is 34.2 Å². The summed E-state index contributed by atoms with van der Waals surface area (Å²) in [5.74, 6) is 1.91. The van der Waals surface area contributed by atoms with Gasteiger partial charge < -0.3 is 4.90 Å². The first-order valence-electron chi connectivity index (χ1n) is 20.7. The van der Waals surface area contributed by atoms with Crippen LogP contribution in [0.5, 0.6) is 0 Å². The standard InChI is InChI=1S/C57H36N4/c1-3-15-37(16-4-1)55-58-56(38-17-5-2-6-18-38)60-57(59-55)39-27-29-40(30-28-39)61(41-31-33-51-47-23-9-7-19-43(47)45-21-11-13-25-49(45)53(51)35-41)42-32-34-52-48-24-10-8-20-44(48)46-22-12-14-26-50(46)54(52)36-42/h1-36H. The minimum Gasteiger partial charge on any atom is -0.310 e. The second-order valence-electron chi connectivity index (χ2n) is 15.6. The van der Waals surface area contributed by atoms with Gasteiger partial charge in [-0.15, -0.1) is 0 Å².